The summed E-state index contributed by atoms with van der Waals surface area (Å²) in [5.41, 5.74) is 2.72. The average molecular weight is 368 g/mol. The first kappa shape index (κ1) is 16.4. The van der Waals surface area contributed by atoms with Crippen molar-refractivity contribution < 1.29 is 4.74 Å². The van der Waals surface area contributed by atoms with Gasteiger partial charge in [-0.25, -0.2) is 4.68 Å². The zero-order valence-electron chi connectivity index (χ0n) is 13.1. The first-order chi connectivity index (χ1) is 9.85. The molecule has 0 aliphatic rings. The molecule has 2 heterocycles. The lowest BCUT2D eigenvalue weighted by atomic mass is 10.2. The van der Waals surface area contributed by atoms with E-state index in [4.69, 9.17) is 4.74 Å². The highest BCUT2D eigenvalue weighted by atomic mass is 79.9. The van der Waals surface area contributed by atoms with Crippen LogP contribution in [0.15, 0.2) is 28.9 Å². The number of ether oxygens (including phenoxy) is 1. The van der Waals surface area contributed by atoms with Gasteiger partial charge in [-0.3, -0.25) is 4.98 Å². The van der Waals surface area contributed by atoms with Crippen molar-refractivity contribution >= 4 is 24.0 Å². The van der Waals surface area contributed by atoms with Gasteiger partial charge in [0.25, 0.3) is 0 Å². The van der Waals surface area contributed by atoms with Crippen molar-refractivity contribution in [3.63, 3.8) is 0 Å². The minimum atomic E-state index is -1.03. The molecule has 0 bridgehead atoms. The second kappa shape index (κ2) is 6.85. The summed E-state index contributed by atoms with van der Waals surface area (Å²) in [5, 5.41) is 4.55. The molecule has 0 amide bonds. The zero-order valence-corrected chi connectivity index (χ0v) is 15.6. The smallest absolute Gasteiger partial charge is 0.139 e. The molecule has 0 aromatic carbocycles. The molecule has 4 nitrogen and oxygen atoms in total. The molecule has 2 rings (SSSR count). The number of aromatic nitrogens is 3. The Balaban J connectivity index is 1.99. The van der Waals surface area contributed by atoms with Crippen LogP contribution < -0.4 is 0 Å². The number of aryl methyl sites for hydroxylation is 1. The molecule has 0 aliphatic heterocycles. The van der Waals surface area contributed by atoms with E-state index in [1.807, 2.05) is 36.0 Å². The second-order valence-corrected chi connectivity index (χ2v) is 12.9. The molecule has 2 aromatic rings. The average Bonchev–Trinajstić information content (AvgIpc) is 2.75. The maximum atomic E-state index is 5.72. The molecular weight excluding hydrogens is 346 g/mol. The molecule has 0 aliphatic carbocycles. The molecule has 0 spiro atoms. The number of rotatable bonds is 6. The van der Waals surface area contributed by atoms with Gasteiger partial charge in [0.15, 0.2) is 0 Å². The third kappa shape index (κ3) is 5.05. The van der Waals surface area contributed by atoms with Gasteiger partial charge in [0.1, 0.15) is 12.4 Å². The summed E-state index contributed by atoms with van der Waals surface area (Å²) >= 11 is 3.55. The van der Waals surface area contributed by atoms with Crippen LogP contribution in [0.25, 0.3) is 11.4 Å². The molecular formula is C15H22BrN3OSi. The molecule has 0 saturated heterocycles. The third-order valence-corrected chi connectivity index (χ3v) is 5.35. The lowest BCUT2D eigenvalue weighted by Crippen LogP contribution is -2.22. The molecule has 0 saturated carbocycles. The van der Waals surface area contributed by atoms with Crippen LogP contribution in [0.4, 0.5) is 0 Å². The SMILES string of the molecule is Cc1cccc(-c2nn(COCC[Si](C)(C)C)cc2Br)n1. The number of hydrogen-bond donors (Lipinski definition) is 0. The van der Waals surface area contributed by atoms with E-state index in [1.54, 1.807) is 0 Å². The fraction of sp³-hybridized carbons (Fsp3) is 0.467. The number of halogens is 1. The second-order valence-electron chi connectivity index (χ2n) is 6.38. The summed E-state index contributed by atoms with van der Waals surface area (Å²) in [6.45, 7) is 10.3. The van der Waals surface area contributed by atoms with E-state index >= 15 is 0 Å². The van der Waals surface area contributed by atoms with Gasteiger partial charge < -0.3 is 4.74 Å². The third-order valence-electron chi connectivity index (χ3n) is 3.07. The molecule has 114 valence electrons. The first-order valence-corrected chi connectivity index (χ1v) is 11.6. The molecule has 0 unspecified atom stereocenters. The predicted octanol–water partition coefficient (Wildman–Crippen LogP) is 4.33. The quantitative estimate of drug-likeness (QED) is 0.563. The number of nitrogens with zero attached hydrogens (tertiary/aromatic N) is 3. The summed E-state index contributed by atoms with van der Waals surface area (Å²) in [4.78, 5) is 4.51. The van der Waals surface area contributed by atoms with Crippen LogP contribution >= 0.6 is 15.9 Å². The summed E-state index contributed by atoms with van der Waals surface area (Å²) in [6, 6.07) is 7.11. The van der Waals surface area contributed by atoms with Gasteiger partial charge in [0.05, 0.1) is 10.2 Å². The number of hydrogen-bond acceptors (Lipinski definition) is 3. The van der Waals surface area contributed by atoms with Crippen LogP contribution in [-0.2, 0) is 11.5 Å². The van der Waals surface area contributed by atoms with Crippen molar-refractivity contribution in [2.45, 2.75) is 39.3 Å². The lowest BCUT2D eigenvalue weighted by molar-refractivity contribution is 0.0787. The van der Waals surface area contributed by atoms with Gasteiger partial charge in [-0.1, -0.05) is 25.7 Å². The van der Waals surface area contributed by atoms with Crippen LogP contribution in [-0.4, -0.2) is 29.4 Å². The summed E-state index contributed by atoms with van der Waals surface area (Å²) in [6.07, 6.45) is 1.94. The van der Waals surface area contributed by atoms with Crippen molar-refractivity contribution in [3.05, 3.63) is 34.6 Å². The van der Waals surface area contributed by atoms with Crippen molar-refractivity contribution in [2.75, 3.05) is 6.61 Å². The van der Waals surface area contributed by atoms with E-state index in [2.05, 4.69) is 45.7 Å². The Bertz CT molecular complexity index is 607. The summed E-state index contributed by atoms with van der Waals surface area (Å²) < 4.78 is 8.47. The maximum Gasteiger partial charge on any atom is 0.139 e. The minimum Gasteiger partial charge on any atom is -0.360 e. The lowest BCUT2D eigenvalue weighted by Gasteiger charge is -2.15. The van der Waals surface area contributed by atoms with Crippen LogP contribution in [0.2, 0.25) is 25.7 Å². The predicted molar refractivity (Wildman–Crippen MR) is 92.0 cm³/mol. The highest BCUT2D eigenvalue weighted by Gasteiger charge is 2.13. The molecule has 0 fully saturated rings. The van der Waals surface area contributed by atoms with Crippen molar-refractivity contribution in [2.24, 2.45) is 0 Å². The zero-order chi connectivity index (χ0) is 15.5. The van der Waals surface area contributed by atoms with Gasteiger partial charge in [0.2, 0.25) is 0 Å². The summed E-state index contributed by atoms with van der Waals surface area (Å²) in [7, 11) is -1.03. The molecule has 0 N–H and O–H groups in total. The number of pyridine rings is 1. The fourth-order valence-electron chi connectivity index (χ4n) is 1.85. The van der Waals surface area contributed by atoms with Gasteiger partial charge in [-0.05, 0) is 41.0 Å². The Morgan fingerprint density at radius 2 is 2.05 bits per heavy atom. The van der Waals surface area contributed by atoms with E-state index in [0.29, 0.717) is 6.73 Å². The summed E-state index contributed by atoms with van der Waals surface area (Å²) in [5.74, 6) is 0. The van der Waals surface area contributed by atoms with Gasteiger partial charge >= 0.3 is 0 Å². The molecule has 0 radical (unpaired) electrons. The van der Waals surface area contributed by atoms with Gasteiger partial charge in [-0.2, -0.15) is 5.10 Å². The normalized spacial score (nSPS) is 11.9. The standard InChI is InChI=1S/C15H22BrN3OSi/c1-12-6-5-7-14(17-12)15-13(16)10-19(18-15)11-20-8-9-21(2,3)4/h5-7,10H,8-9,11H2,1-4H3. The van der Waals surface area contributed by atoms with E-state index in [0.717, 1.165) is 28.2 Å². The highest BCUT2D eigenvalue weighted by molar-refractivity contribution is 9.10. The molecule has 21 heavy (non-hydrogen) atoms. The maximum absolute atomic E-state index is 5.72. The fourth-order valence-corrected chi connectivity index (χ4v) is 3.12. The molecule has 0 atom stereocenters. The van der Waals surface area contributed by atoms with Crippen molar-refractivity contribution in [1.29, 1.82) is 0 Å². The molecule has 2 aromatic heterocycles. The van der Waals surface area contributed by atoms with Crippen LogP contribution in [0.5, 0.6) is 0 Å². The highest BCUT2D eigenvalue weighted by Crippen LogP contribution is 2.25. The Kier molecular flexibility index (Phi) is 5.35. The van der Waals surface area contributed by atoms with Gasteiger partial charge in [0, 0.05) is 26.6 Å². The minimum absolute atomic E-state index is 0.481. The van der Waals surface area contributed by atoms with Crippen LogP contribution in [0, 0.1) is 6.92 Å². The van der Waals surface area contributed by atoms with E-state index in [1.165, 1.54) is 6.04 Å². The van der Waals surface area contributed by atoms with Crippen molar-refractivity contribution in [3.8, 4) is 11.4 Å². The largest absolute Gasteiger partial charge is 0.360 e. The van der Waals surface area contributed by atoms with E-state index in [9.17, 15) is 0 Å². The Hall–Kier alpha value is -0.983. The van der Waals surface area contributed by atoms with E-state index in [-0.39, 0.29) is 0 Å². The van der Waals surface area contributed by atoms with Gasteiger partial charge in [-0.15, -0.1) is 0 Å². The Morgan fingerprint density at radius 3 is 2.71 bits per heavy atom. The van der Waals surface area contributed by atoms with Crippen molar-refractivity contribution in [1.82, 2.24) is 14.8 Å². The Morgan fingerprint density at radius 1 is 1.29 bits per heavy atom. The first-order valence-electron chi connectivity index (χ1n) is 7.10. The topological polar surface area (TPSA) is 39.9 Å². The Labute approximate surface area is 135 Å². The van der Waals surface area contributed by atoms with Crippen LogP contribution in [0.1, 0.15) is 5.69 Å². The molecule has 6 heteroatoms. The van der Waals surface area contributed by atoms with Crippen LogP contribution in [0.3, 0.4) is 0 Å². The van der Waals surface area contributed by atoms with E-state index < -0.39 is 8.07 Å². The monoisotopic (exact) mass is 367 g/mol.